The zero-order valence-electron chi connectivity index (χ0n) is 26.0. The summed E-state index contributed by atoms with van der Waals surface area (Å²) in [7, 11) is 1.58. The molecular formula is C40H31F2N3O3. The van der Waals surface area contributed by atoms with Gasteiger partial charge in [-0.25, -0.2) is 8.78 Å². The predicted molar refractivity (Wildman–Crippen MR) is 184 cm³/mol. The van der Waals surface area contributed by atoms with E-state index in [-0.39, 0.29) is 29.3 Å². The highest BCUT2D eigenvalue weighted by atomic mass is 19.1. The number of rotatable bonds is 8. The van der Waals surface area contributed by atoms with Crippen LogP contribution < -0.4 is 10.9 Å². The SMILES string of the molecule is Cn1c(=O)c(C(c2cc(F)ccc2F)c2[nH]c3ccccc3c2CCNC(=O)c2ccc(-c3ccccc3)cc2)c(O)c2ccccc21. The van der Waals surface area contributed by atoms with Crippen LogP contribution in [-0.2, 0) is 13.5 Å². The van der Waals surface area contributed by atoms with Gasteiger partial charge in [0.25, 0.3) is 11.5 Å². The number of benzene rings is 5. The standard InChI is InChI=1S/C40H31F2N3O3/c1-45-34-14-8-6-12-30(34)38(46)36(40(45)48)35(31-23-27(41)19-20-32(31)42)37-29(28-11-5-7-13-33(28)44-37)21-22-43-39(47)26-17-15-25(16-18-26)24-9-3-2-4-10-24/h2-20,23,35,44,46H,21-22H2,1H3,(H,43,47). The first-order chi connectivity index (χ1) is 23.3. The second kappa shape index (κ2) is 12.6. The molecule has 7 aromatic rings. The van der Waals surface area contributed by atoms with Crippen molar-refractivity contribution in [2.24, 2.45) is 7.05 Å². The lowest BCUT2D eigenvalue weighted by Crippen LogP contribution is -2.27. The lowest BCUT2D eigenvalue weighted by atomic mass is 9.84. The molecule has 2 heterocycles. The molecule has 0 aliphatic rings. The van der Waals surface area contributed by atoms with Crippen molar-refractivity contribution in [2.45, 2.75) is 12.3 Å². The van der Waals surface area contributed by atoms with Crippen molar-refractivity contribution in [3.8, 4) is 16.9 Å². The first-order valence-corrected chi connectivity index (χ1v) is 15.6. The van der Waals surface area contributed by atoms with Gasteiger partial charge in [0.05, 0.1) is 17.0 Å². The van der Waals surface area contributed by atoms with E-state index in [1.165, 1.54) is 4.57 Å². The zero-order chi connectivity index (χ0) is 33.4. The van der Waals surface area contributed by atoms with E-state index in [2.05, 4.69) is 10.3 Å². The largest absolute Gasteiger partial charge is 0.507 e. The lowest BCUT2D eigenvalue weighted by Gasteiger charge is -2.22. The fourth-order valence-corrected chi connectivity index (χ4v) is 6.54. The van der Waals surface area contributed by atoms with Crippen LogP contribution in [0.2, 0.25) is 0 Å². The highest BCUT2D eigenvalue weighted by molar-refractivity contribution is 5.95. The Kier molecular flexibility index (Phi) is 8.07. The van der Waals surface area contributed by atoms with Gasteiger partial charge in [-0.2, -0.15) is 0 Å². The fraction of sp³-hybridized carbons (Fsp3) is 0.100. The molecule has 1 amide bonds. The van der Waals surface area contributed by atoms with E-state index in [0.29, 0.717) is 39.7 Å². The Hall–Kier alpha value is -6.02. The van der Waals surface area contributed by atoms with E-state index < -0.39 is 23.1 Å². The van der Waals surface area contributed by atoms with Crippen LogP contribution in [-0.4, -0.2) is 27.1 Å². The number of carbonyl (C=O) groups excluding carboxylic acids is 1. The molecule has 7 rings (SSSR count). The van der Waals surface area contributed by atoms with E-state index >= 15 is 4.39 Å². The first-order valence-electron chi connectivity index (χ1n) is 15.6. The molecule has 0 fully saturated rings. The molecule has 1 atom stereocenters. The molecule has 0 bridgehead atoms. The molecular weight excluding hydrogens is 608 g/mol. The minimum atomic E-state index is -1.20. The van der Waals surface area contributed by atoms with Gasteiger partial charge in [-0.3, -0.25) is 9.59 Å². The molecule has 6 nitrogen and oxygen atoms in total. The number of aromatic nitrogens is 2. The molecule has 1 unspecified atom stereocenters. The maximum Gasteiger partial charge on any atom is 0.258 e. The van der Waals surface area contributed by atoms with Gasteiger partial charge >= 0.3 is 0 Å². The van der Waals surface area contributed by atoms with Gasteiger partial charge in [-0.1, -0.05) is 72.8 Å². The van der Waals surface area contributed by atoms with Gasteiger partial charge in [0.2, 0.25) is 0 Å². The molecule has 5 aromatic carbocycles. The molecule has 8 heteroatoms. The number of H-pyrrole nitrogens is 1. The maximum atomic E-state index is 15.7. The number of aromatic hydroxyl groups is 1. The van der Waals surface area contributed by atoms with Crippen molar-refractivity contribution in [1.29, 1.82) is 0 Å². The third kappa shape index (κ3) is 5.51. The van der Waals surface area contributed by atoms with Crippen LogP contribution in [0.4, 0.5) is 8.78 Å². The molecule has 3 N–H and O–H groups in total. The summed E-state index contributed by atoms with van der Waals surface area (Å²) in [6.07, 6.45) is 0.301. The number of fused-ring (bicyclic) bond motifs is 2. The molecule has 48 heavy (non-hydrogen) atoms. The number of carbonyl (C=O) groups is 1. The normalized spacial score (nSPS) is 12.0. The smallest absolute Gasteiger partial charge is 0.258 e. The van der Waals surface area contributed by atoms with E-state index in [9.17, 15) is 19.1 Å². The molecule has 0 saturated carbocycles. The Bertz CT molecular complexity index is 2360. The average Bonchev–Trinajstić information content (AvgIpc) is 3.48. The minimum absolute atomic E-state index is 0.0870. The van der Waals surface area contributed by atoms with Crippen LogP contribution in [0.3, 0.4) is 0 Å². The Balaban J connectivity index is 1.30. The number of nitrogens with one attached hydrogen (secondary N) is 2. The van der Waals surface area contributed by atoms with Gasteiger partial charge in [0, 0.05) is 46.7 Å². The maximum absolute atomic E-state index is 15.7. The third-order valence-electron chi connectivity index (χ3n) is 8.92. The van der Waals surface area contributed by atoms with Crippen LogP contribution in [0.25, 0.3) is 32.9 Å². The third-order valence-corrected chi connectivity index (χ3v) is 8.92. The summed E-state index contributed by atoms with van der Waals surface area (Å²) in [6, 6.07) is 34.7. The fourth-order valence-electron chi connectivity index (χ4n) is 6.54. The Labute approximate surface area is 274 Å². The van der Waals surface area contributed by atoms with Crippen LogP contribution in [0.15, 0.2) is 126 Å². The summed E-state index contributed by atoms with van der Waals surface area (Å²) in [5, 5.41) is 15.8. The minimum Gasteiger partial charge on any atom is -0.507 e. The van der Waals surface area contributed by atoms with Crippen molar-refractivity contribution in [2.75, 3.05) is 6.54 Å². The van der Waals surface area contributed by atoms with Crippen molar-refractivity contribution < 1.29 is 18.7 Å². The second-order valence-corrected chi connectivity index (χ2v) is 11.8. The van der Waals surface area contributed by atoms with Gasteiger partial charge in [0.1, 0.15) is 17.4 Å². The summed E-state index contributed by atoms with van der Waals surface area (Å²) in [5.41, 5.74) is 4.14. The molecule has 238 valence electrons. The summed E-state index contributed by atoms with van der Waals surface area (Å²) >= 11 is 0. The quantitative estimate of drug-likeness (QED) is 0.159. The number of pyridine rings is 1. The van der Waals surface area contributed by atoms with Crippen molar-refractivity contribution in [1.82, 2.24) is 14.9 Å². The summed E-state index contributed by atoms with van der Waals surface area (Å²) in [5.74, 6) is -3.18. The van der Waals surface area contributed by atoms with Crippen molar-refractivity contribution >= 4 is 27.7 Å². The van der Waals surface area contributed by atoms with Gasteiger partial charge in [-0.15, -0.1) is 0 Å². The highest BCUT2D eigenvalue weighted by Gasteiger charge is 2.32. The molecule has 0 saturated heterocycles. The number of para-hydroxylation sites is 2. The number of nitrogens with zero attached hydrogens (tertiary/aromatic N) is 1. The molecule has 0 spiro atoms. The summed E-state index contributed by atoms with van der Waals surface area (Å²) in [6.45, 7) is 0.216. The van der Waals surface area contributed by atoms with Crippen LogP contribution in [0, 0.1) is 11.6 Å². The summed E-state index contributed by atoms with van der Waals surface area (Å²) < 4.78 is 31.9. The Morgan fingerprint density at radius 3 is 2.27 bits per heavy atom. The number of amides is 1. The number of aryl methyl sites for hydroxylation is 1. The zero-order valence-corrected chi connectivity index (χ0v) is 26.0. The molecule has 0 aliphatic heterocycles. The predicted octanol–water partition coefficient (Wildman–Crippen LogP) is 7.82. The number of hydrogen-bond acceptors (Lipinski definition) is 3. The van der Waals surface area contributed by atoms with Gasteiger partial charge in [0.15, 0.2) is 0 Å². The molecule has 2 aromatic heterocycles. The van der Waals surface area contributed by atoms with Crippen LogP contribution in [0.1, 0.15) is 38.7 Å². The van der Waals surface area contributed by atoms with E-state index in [0.717, 1.165) is 34.7 Å². The van der Waals surface area contributed by atoms with Crippen molar-refractivity contribution in [3.05, 3.63) is 171 Å². The molecule has 0 aliphatic carbocycles. The van der Waals surface area contributed by atoms with Crippen molar-refractivity contribution in [3.63, 3.8) is 0 Å². The number of aromatic amines is 1. The number of halogens is 2. The van der Waals surface area contributed by atoms with E-state index in [1.807, 2.05) is 66.7 Å². The monoisotopic (exact) mass is 639 g/mol. The lowest BCUT2D eigenvalue weighted by molar-refractivity contribution is 0.0954. The Morgan fingerprint density at radius 2 is 1.50 bits per heavy atom. The highest BCUT2D eigenvalue weighted by Crippen LogP contribution is 2.42. The molecule has 0 radical (unpaired) electrons. The Morgan fingerprint density at radius 1 is 0.833 bits per heavy atom. The van der Waals surface area contributed by atoms with Gasteiger partial charge < -0.3 is 20.0 Å². The summed E-state index contributed by atoms with van der Waals surface area (Å²) in [4.78, 5) is 30.6. The first kappa shape index (κ1) is 30.6. The van der Waals surface area contributed by atoms with Crippen LogP contribution in [0.5, 0.6) is 5.75 Å². The second-order valence-electron chi connectivity index (χ2n) is 11.8. The van der Waals surface area contributed by atoms with E-state index in [4.69, 9.17) is 0 Å². The van der Waals surface area contributed by atoms with Crippen LogP contribution >= 0.6 is 0 Å². The van der Waals surface area contributed by atoms with Gasteiger partial charge in [-0.05, 0) is 71.6 Å². The average molecular weight is 640 g/mol. The number of hydrogen-bond donors (Lipinski definition) is 3. The van der Waals surface area contributed by atoms with E-state index in [1.54, 1.807) is 43.4 Å². The topological polar surface area (TPSA) is 87.1 Å².